The fourth-order valence-electron chi connectivity index (χ4n) is 2.04. The molecule has 0 amide bonds. The number of nitrogens with zero attached hydrogens (tertiary/aromatic N) is 1. The smallest absolute Gasteiger partial charge is 0.0742 e. The normalized spacial score (nSPS) is 17.6. The Morgan fingerprint density at radius 1 is 1.69 bits per heavy atom. The van der Waals surface area contributed by atoms with E-state index < -0.39 is 0 Å². The van der Waals surface area contributed by atoms with E-state index in [0.717, 1.165) is 19.0 Å². The number of thiocarbonyl (C=S) groups is 1. The zero-order valence-corrected chi connectivity index (χ0v) is 11.2. The molecular formula is C12H18N2S2. The van der Waals surface area contributed by atoms with Gasteiger partial charge in [0.15, 0.2) is 0 Å². The molecule has 1 fully saturated rings. The third-order valence-corrected chi connectivity index (χ3v) is 4.02. The molecule has 0 spiro atoms. The molecule has 2 rings (SSSR count). The highest BCUT2D eigenvalue weighted by Crippen LogP contribution is 2.31. The van der Waals surface area contributed by atoms with Crippen LogP contribution in [0.3, 0.4) is 0 Å². The van der Waals surface area contributed by atoms with Gasteiger partial charge in [-0.15, -0.1) is 11.3 Å². The minimum Gasteiger partial charge on any atom is -0.393 e. The molecule has 1 atom stereocenters. The van der Waals surface area contributed by atoms with Gasteiger partial charge in [0.25, 0.3) is 0 Å². The summed E-state index contributed by atoms with van der Waals surface area (Å²) in [4.78, 5) is 4.61. The number of hydrogen-bond acceptors (Lipinski definition) is 3. The average Bonchev–Trinajstić information content (AvgIpc) is 2.91. The Balaban J connectivity index is 1.96. The molecule has 1 aromatic heterocycles. The molecule has 2 N–H and O–H groups in total. The molecule has 2 nitrogen and oxygen atoms in total. The largest absolute Gasteiger partial charge is 0.393 e. The van der Waals surface area contributed by atoms with Crippen LogP contribution in [-0.4, -0.2) is 22.0 Å². The van der Waals surface area contributed by atoms with Crippen LogP contribution in [0.4, 0.5) is 0 Å². The van der Waals surface area contributed by atoms with Gasteiger partial charge >= 0.3 is 0 Å². The van der Waals surface area contributed by atoms with E-state index in [-0.39, 0.29) is 0 Å². The van der Waals surface area contributed by atoms with Crippen LogP contribution in [0.2, 0.25) is 0 Å². The highest BCUT2D eigenvalue weighted by molar-refractivity contribution is 7.80. The van der Waals surface area contributed by atoms with Crippen LogP contribution in [-0.2, 0) is 6.54 Å². The first-order chi connectivity index (χ1) is 7.66. The zero-order chi connectivity index (χ0) is 11.5. The van der Waals surface area contributed by atoms with Gasteiger partial charge in [-0.3, -0.25) is 4.90 Å². The van der Waals surface area contributed by atoms with Crippen LogP contribution >= 0.6 is 23.6 Å². The third kappa shape index (κ3) is 3.27. The molecule has 1 unspecified atom stereocenters. The molecule has 1 aliphatic rings. The van der Waals surface area contributed by atoms with Gasteiger partial charge in [0.1, 0.15) is 0 Å². The van der Waals surface area contributed by atoms with Crippen molar-refractivity contribution < 1.29 is 0 Å². The second-order valence-corrected chi connectivity index (χ2v) is 6.06. The van der Waals surface area contributed by atoms with Crippen molar-refractivity contribution in [3.05, 3.63) is 22.4 Å². The van der Waals surface area contributed by atoms with Crippen molar-refractivity contribution in [3.63, 3.8) is 0 Å². The van der Waals surface area contributed by atoms with Crippen molar-refractivity contribution in [2.75, 3.05) is 0 Å². The van der Waals surface area contributed by atoms with Gasteiger partial charge in [0, 0.05) is 29.9 Å². The van der Waals surface area contributed by atoms with Gasteiger partial charge in [0.05, 0.1) is 4.99 Å². The van der Waals surface area contributed by atoms with Crippen LogP contribution in [0.25, 0.3) is 0 Å². The summed E-state index contributed by atoms with van der Waals surface area (Å²) in [7, 11) is 0. The Hall–Kier alpha value is -0.450. The van der Waals surface area contributed by atoms with Crippen molar-refractivity contribution in [3.8, 4) is 0 Å². The monoisotopic (exact) mass is 254 g/mol. The first-order valence-electron chi connectivity index (χ1n) is 5.73. The number of hydrogen-bond donors (Lipinski definition) is 1. The van der Waals surface area contributed by atoms with E-state index in [4.69, 9.17) is 18.0 Å². The fraction of sp³-hybridized carbons (Fsp3) is 0.583. The lowest BCUT2D eigenvalue weighted by atomic mass is 10.2. The summed E-state index contributed by atoms with van der Waals surface area (Å²) in [6.45, 7) is 3.28. The first kappa shape index (κ1) is 12.0. The predicted octanol–water partition coefficient (Wildman–Crippen LogP) is 2.78. The number of rotatable bonds is 6. The molecule has 0 saturated heterocycles. The molecule has 1 aliphatic carbocycles. The summed E-state index contributed by atoms with van der Waals surface area (Å²) in [6.07, 6.45) is 3.48. The Morgan fingerprint density at radius 3 is 2.94 bits per heavy atom. The summed E-state index contributed by atoms with van der Waals surface area (Å²) >= 11 is 6.83. The highest BCUT2D eigenvalue weighted by Gasteiger charge is 2.32. The van der Waals surface area contributed by atoms with Crippen LogP contribution in [0.5, 0.6) is 0 Å². The summed E-state index contributed by atoms with van der Waals surface area (Å²) < 4.78 is 0. The maximum absolute atomic E-state index is 5.63. The van der Waals surface area contributed by atoms with E-state index >= 15 is 0 Å². The summed E-state index contributed by atoms with van der Waals surface area (Å²) in [5.74, 6) is 0. The van der Waals surface area contributed by atoms with Crippen LogP contribution < -0.4 is 5.73 Å². The van der Waals surface area contributed by atoms with E-state index in [1.165, 1.54) is 17.7 Å². The molecule has 1 heterocycles. The molecule has 0 bridgehead atoms. The Kier molecular flexibility index (Phi) is 3.95. The van der Waals surface area contributed by atoms with E-state index in [9.17, 15) is 0 Å². The number of nitrogens with two attached hydrogens (primary N) is 1. The average molecular weight is 254 g/mol. The van der Waals surface area contributed by atoms with Crippen LogP contribution in [0, 0.1) is 0 Å². The van der Waals surface area contributed by atoms with Crippen LogP contribution in [0.1, 0.15) is 31.1 Å². The summed E-state index contributed by atoms with van der Waals surface area (Å²) in [5.41, 5.74) is 5.63. The lowest BCUT2D eigenvalue weighted by molar-refractivity contribution is 0.195. The van der Waals surface area contributed by atoms with Gasteiger partial charge in [-0.2, -0.15) is 0 Å². The van der Waals surface area contributed by atoms with Crippen molar-refractivity contribution in [1.82, 2.24) is 4.90 Å². The standard InChI is InChI=1S/C12H18N2S2/c1-9(7-12(13)15)14(10-4-5-10)8-11-3-2-6-16-11/h2-3,6,9-10H,4-5,7-8H2,1H3,(H2,13,15). The summed E-state index contributed by atoms with van der Waals surface area (Å²) in [5, 5.41) is 2.14. The van der Waals surface area contributed by atoms with Crippen LogP contribution in [0.15, 0.2) is 17.5 Å². The van der Waals surface area contributed by atoms with E-state index in [2.05, 4.69) is 29.3 Å². The van der Waals surface area contributed by atoms with Crippen molar-refractivity contribution >= 4 is 28.5 Å². The maximum atomic E-state index is 5.63. The molecule has 16 heavy (non-hydrogen) atoms. The Morgan fingerprint density at radius 2 is 2.44 bits per heavy atom. The molecule has 4 heteroatoms. The molecule has 0 aromatic carbocycles. The number of thiophene rings is 1. The minimum atomic E-state index is 0.465. The lowest BCUT2D eigenvalue weighted by Crippen LogP contribution is -2.36. The van der Waals surface area contributed by atoms with Gasteiger partial charge in [-0.05, 0) is 31.2 Å². The molecular weight excluding hydrogens is 236 g/mol. The second-order valence-electron chi connectivity index (χ2n) is 4.50. The minimum absolute atomic E-state index is 0.465. The quantitative estimate of drug-likeness (QED) is 0.792. The van der Waals surface area contributed by atoms with E-state index in [1.54, 1.807) is 0 Å². The Bertz CT molecular complexity index is 344. The molecule has 88 valence electrons. The fourth-order valence-corrected chi connectivity index (χ4v) is 3.00. The molecule has 0 aliphatic heterocycles. The Labute approximate surface area is 106 Å². The van der Waals surface area contributed by atoms with Gasteiger partial charge in [0.2, 0.25) is 0 Å². The third-order valence-electron chi connectivity index (χ3n) is 3.00. The molecule has 0 radical (unpaired) electrons. The van der Waals surface area contributed by atoms with E-state index in [1.807, 2.05) is 11.3 Å². The highest BCUT2D eigenvalue weighted by atomic mass is 32.1. The second kappa shape index (κ2) is 5.25. The van der Waals surface area contributed by atoms with Gasteiger partial charge in [-0.1, -0.05) is 18.3 Å². The SMILES string of the molecule is CC(CC(N)=S)N(Cc1cccs1)C1CC1. The first-order valence-corrected chi connectivity index (χ1v) is 7.02. The summed E-state index contributed by atoms with van der Waals surface area (Å²) in [6, 6.07) is 5.54. The molecule has 1 aromatic rings. The van der Waals surface area contributed by atoms with Gasteiger partial charge in [-0.25, -0.2) is 0 Å². The topological polar surface area (TPSA) is 29.3 Å². The van der Waals surface area contributed by atoms with Crippen molar-refractivity contribution in [2.45, 2.75) is 44.8 Å². The maximum Gasteiger partial charge on any atom is 0.0742 e. The zero-order valence-electron chi connectivity index (χ0n) is 9.56. The van der Waals surface area contributed by atoms with E-state index in [0.29, 0.717) is 11.0 Å². The van der Waals surface area contributed by atoms with Gasteiger partial charge < -0.3 is 5.73 Å². The van der Waals surface area contributed by atoms with Crippen molar-refractivity contribution in [2.24, 2.45) is 5.73 Å². The molecule has 1 saturated carbocycles. The van der Waals surface area contributed by atoms with Crippen molar-refractivity contribution in [1.29, 1.82) is 0 Å². The lowest BCUT2D eigenvalue weighted by Gasteiger charge is -2.28. The predicted molar refractivity (Wildman–Crippen MR) is 73.7 cm³/mol.